The summed E-state index contributed by atoms with van der Waals surface area (Å²) in [6.45, 7) is 4.18. The van der Waals surface area contributed by atoms with E-state index in [2.05, 4.69) is 17.4 Å². The van der Waals surface area contributed by atoms with Gasteiger partial charge in [-0.3, -0.25) is 9.59 Å². The first-order valence-corrected chi connectivity index (χ1v) is 9.53. The monoisotopic (exact) mass is 356 g/mol. The SMILES string of the molecule is C/C=C/c1ccc([C@@H]2[C@@H](CNC(=O)C3CC3)N(C(=O)CC)[C@H]2CO)cc1. The lowest BCUT2D eigenvalue weighted by Crippen LogP contribution is -2.68. The van der Waals surface area contributed by atoms with Gasteiger partial charge in [-0.05, 0) is 30.9 Å². The fraction of sp³-hybridized carbons (Fsp3) is 0.524. The van der Waals surface area contributed by atoms with Gasteiger partial charge in [0.25, 0.3) is 0 Å². The van der Waals surface area contributed by atoms with Gasteiger partial charge in [0.1, 0.15) is 0 Å². The van der Waals surface area contributed by atoms with Gasteiger partial charge in [0.05, 0.1) is 18.7 Å². The lowest BCUT2D eigenvalue weighted by atomic mass is 9.74. The Morgan fingerprint density at radius 2 is 1.92 bits per heavy atom. The Labute approximate surface area is 155 Å². The molecule has 3 rings (SSSR count). The number of nitrogens with zero attached hydrogens (tertiary/aromatic N) is 1. The summed E-state index contributed by atoms with van der Waals surface area (Å²) in [6.07, 6.45) is 6.35. The third-order valence-corrected chi connectivity index (χ3v) is 5.44. The molecule has 0 unspecified atom stereocenters. The van der Waals surface area contributed by atoms with Crippen LogP contribution in [0.2, 0.25) is 0 Å². The van der Waals surface area contributed by atoms with E-state index in [0.717, 1.165) is 24.0 Å². The molecule has 26 heavy (non-hydrogen) atoms. The number of benzene rings is 1. The van der Waals surface area contributed by atoms with Crippen LogP contribution >= 0.6 is 0 Å². The number of nitrogens with one attached hydrogen (secondary N) is 1. The summed E-state index contributed by atoms with van der Waals surface area (Å²) in [5, 5.41) is 12.9. The molecule has 1 saturated carbocycles. The number of aliphatic hydroxyl groups excluding tert-OH is 1. The van der Waals surface area contributed by atoms with Crippen LogP contribution in [-0.4, -0.2) is 47.1 Å². The van der Waals surface area contributed by atoms with Gasteiger partial charge < -0.3 is 15.3 Å². The predicted molar refractivity (Wildman–Crippen MR) is 101 cm³/mol. The van der Waals surface area contributed by atoms with Gasteiger partial charge in [-0.15, -0.1) is 0 Å². The Bertz CT molecular complexity index is 679. The van der Waals surface area contributed by atoms with Crippen molar-refractivity contribution in [2.75, 3.05) is 13.2 Å². The minimum Gasteiger partial charge on any atom is -0.394 e. The Morgan fingerprint density at radius 3 is 2.46 bits per heavy atom. The molecule has 1 aromatic rings. The van der Waals surface area contributed by atoms with Crippen LogP contribution in [0.4, 0.5) is 0 Å². The molecule has 2 amide bonds. The summed E-state index contributed by atoms with van der Waals surface area (Å²) in [6, 6.07) is 7.90. The molecule has 2 aliphatic rings. The number of carbonyl (C=O) groups is 2. The molecule has 1 heterocycles. The molecule has 3 atom stereocenters. The molecule has 2 N–H and O–H groups in total. The van der Waals surface area contributed by atoms with E-state index in [4.69, 9.17) is 0 Å². The quantitative estimate of drug-likeness (QED) is 0.788. The number of amides is 2. The second kappa shape index (κ2) is 8.04. The number of rotatable bonds is 7. The van der Waals surface area contributed by atoms with Crippen LogP contribution < -0.4 is 5.32 Å². The molecule has 2 fully saturated rings. The zero-order valence-electron chi connectivity index (χ0n) is 15.5. The van der Waals surface area contributed by atoms with Gasteiger partial charge in [0, 0.05) is 24.8 Å². The second-order valence-corrected chi connectivity index (χ2v) is 7.18. The third-order valence-electron chi connectivity index (χ3n) is 5.44. The lowest BCUT2D eigenvalue weighted by Gasteiger charge is -2.55. The molecule has 1 aliphatic carbocycles. The largest absolute Gasteiger partial charge is 0.394 e. The topological polar surface area (TPSA) is 69.6 Å². The molecule has 0 spiro atoms. The molecule has 5 heteroatoms. The van der Waals surface area contributed by atoms with E-state index in [1.54, 1.807) is 4.90 Å². The highest BCUT2D eigenvalue weighted by Crippen LogP contribution is 2.41. The molecule has 0 aromatic heterocycles. The summed E-state index contributed by atoms with van der Waals surface area (Å²) < 4.78 is 0. The molecular formula is C21H28N2O3. The highest BCUT2D eigenvalue weighted by atomic mass is 16.3. The van der Waals surface area contributed by atoms with Crippen molar-refractivity contribution in [3.05, 3.63) is 41.5 Å². The van der Waals surface area contributed by atoms with Crippen molar-refractivity contribution >= 4 is 17.9 Å². The van der Waals surface area contributed by atoms with Crippen LogP contribution in [0.15, 0.2) is 30.3 Å². The number of hydrogen-bond donors (Lipinski definition) is 2. The van der Waals surface area contributed by atoms with E-state index in [-0.39, 0.29) is 42.3 Å². The Kier molecular flexibility index (Phi) is 5.77. The number of aliphatic hydroxyl groups is 1. The van der Waals surface area contributed by atoms with Crippen LogP contribution in [0.3, 0.4) is 0 Å². The third kappa shape index (κ3) is 3.68. The number of allylic oxidation sites excluding steroid dienone is 1. The molecule has 5 nitrogen and oxygen atoms in total. The molecule has 0 radical (unpaired) electrons. The van der Waals surface area contributed by atoms with Crippen LogP contribution in [-0.2, 0) is 9.59 Å². The van der Waals surface area contributed by atoms with Gasteiger partial charge >= 0.3 is 0 Å². The van der Waals surface area contributed by atoms with Crippen LogP contribution in [0, 0.1) is 5.92 Å². The standard InChI is InChI=1S/C21H28N2O3/c1-3-5-14-6-8-15(9-7-14)20-17(12-22-21(26)16-10-11-16)23(18(20)13-24)19(25)4-2/h3,5-9,16-18,20,24H,4,10-13H2,1-2H3,(H,22,26)/b5-3+/t17-,18+,20-/m1/s1. The minimum absolute atomic E-state index is 0.0245. The zero-order valence-corrected chi connectivity index (χ0v) is 15.5. The smallest absolute Gasteiger partial charge is 0.223 e. The van der Waals surface area contributed by atoms with Crippen LogP contribution in [0.1, 0.15) is 50.2 Å². The molecule has 1 saturated heterocycles. The van der Waals surface area contributed by atoms with E-state index >= 15 is 0 Å². The summed E-state index contributed by atoms with van der Waals surface area (Å²) in [7, 11) is 0. The maximum atomic E-state index is 12.4. The van der Waals surface area contributed by atoms with Crippen molar-refractivity contribution in [2.45, 2.75) is 51.1 Å². The van der Waals surface area contributed by atoms with Gasteiger partial charge in [-0.1, -0.05) is 43.3 Å². The second-order valence-electron chi connectivity index (χ2n) is 7.18. The van der Waals surface area contributed by atoms with E-state index in [1.165, 1.54) is 0 Å². The van der Waals surface area contributed by atoms with Crippen molar-refractivity contribution in [2.24, 2.45) is 5.92 Å². The Morgan fingerprint density at radius 1 is 1.23 bits per heavy atom. The van der Waals surface area contributed by atoms with Crippen molar-refractivity contribution in [1.82, 2.24) is 10.2 Å². The fourth-order valence-electron chi connectivity index (χ4n) is 3.89. The van der Waals surface area contributed by atoms with E-state index < -0.39 is 0 Å². The highest BCUT2D eigenvalue weighted by Gasteiger charge is 2.50. The van der Waals surface area contributed by atoms with E-state index in [1.807, 2.05) is 38.1 Å². The number of carbonyl (C=O) groups excluding carboxylic acids is 2. The summed E-state index contributed by atoms with van der Waals surface area (Å²) in [5.74, 6) is 0.298. The number of likely N-dealkylation sites (tertiary alicyclic amines) is 1. The van der Waals surface area contributed by atoms with E-state index in [9.17, 15) is 14.7 Å². The first-order chi connectivity index (χ1) is 12.6. The summed E-state index contributed by atoms with van der Waals surface area (Å²) in [5.41, 5.74) is 2.22. The Balaban J connectivity index is 1.78. The van der Waals surface area contributed by atoms with Crippen molar-refractivity contribution < 1.29 is 14.7 Å². The average Bonchev–Trinajstić information content (AvgIpc) is 3.47. The lowest BCUT2D eigenvalue weighted by molar-refractivity contribution is -0.150. The van der Waals surface area contributed by atoms with Crippen molar-refractivity contribution in [3.8, 4) is 0 Å². The van der Waals surface area contributed by atoms with Crippen LogP contribution in [0.5, 0.6) is 0 Å². The first-order valence-electron chi connectivity index (χ1n) is 9.53. The van der Waals surface area contributed by atoms with Crippen molar-refractivity contribution in [3.63, 3.8) is 0 Å². The number of hydrogen-bond acceptors (Lipinski definition) is 3. The zero-order chi connectivity index (χ0) is 18.7. The highest BCUT2D eigenvalue weighted by molar-refractivity contribution is 5.81. The Hall–Kier alpha value is -2.14. The van der Waals surface area contributed by atoms with Gasteiger partial charge in [0.2, 0.25) is 11.8 Å². The van der Waals surface area contributed by atoms with Gasteiger partial charge in [0.15, 0.2) is 0 Å². The molecule has 1 aromatic carbocycles. The van der Waals surface area contributed by atoms with Crippen molar-refractivity contribution in [1.29, 1.82) is 0 Å². The summed E-state index contributed by atoms with van der Waals surface area (Å²) in [4.78, 5) is 26.2. The fourth-order valence-corrected chi connectivity index (χ4v) is 3.89. The van der Waals surface area contributed by atoms with E-state index in [0.29, 0.717) is 13.0 Å². The molecule has 0 bridgehead atoms. The predicted octanol–water partition coefficient (Wildman–Crippen LogP) is 2.31. The molecule has 1 aliphatic heterocycles. The molecular weight excluding hydrogens is 328 g/mol. The maximum Gasteiger partial charge on any atom is 0.223 e. The maximum absolute atomic E-state index is 12.4. The average molecular weight is 356 g/mol. The summed E-state index contributed by atoms with van der Waals surface area (Å²) >= 11 is 0. The van der Waals surface area contributed by atoms with Crippen LogP contribution in [0.25, 0.3) is 6.08 Å². The normalized spacial score (nSPS) is 25.2. The van der Waals surface area contributed by atoms with Gasteiger partial charge in [-0.2, -0.15) is 0 Å². The molecule has 140 valence electrons. The first kappa shape index (κ1) is 18.6. The minimum atomic E-state index is -0.224. The van der Waals surface area contributed by atoms with Gasteiger partial charge in [-0.25, -0.2) is 0 Å².